The predicted molar refractivity (Wildman–Crippen MR) is 86.2 cm³/mol. The first-order chi connectivity index (χ1) is 10.0. The van der Waals surface area contributed by atoms with Crippen LogP contribution in [0.25, 0.3) is 11.1 Å². The van der Waals surface area contributed by atoms with E-state index in [0.717, 1.165) is 22.3 Å². The maximum absolute atomic E-state index is 10.7. The van der Waals surface area contributed by atoms with E-state index in [9.17, 15) is 4.79 Å². The van der Waals surface area contributed by atoms with Crippen molar-refractivity contribution in [1.82, 2.24) is 0 Å². The van der Waals surface area contributed by atoms with Crippen LogP contribution in [-0.4, -0.2) is 5.94 Å². The summed E-state index contributed by atoms with van der Waals surface area (Å²) in [6.07, 6.45) is 0.228. The normalized spacial score (nSPS) is 10.1. The van der Waals surface area contributed by atoms with Crippen molar-refractivity contribution < 1.29 is 9.08 Å². The van der Waals surface area contributed by atoms with E-state index < -0.39 is 0 Å². The predicted octanol–water partition coefficient (Wildman–Crippen LogP) is 5.05. The molecule has 0 heterocycles. The molecule has 108 valence electrons. The van der Waals surface area contributed by atoms with Crippen LogP contribution in [0, 0.1) is 13.8 Å². The van der Waals surface area contributed by atoms with E-state index in [1.165, 1.54) is 5.56 Å². The van der Waals surface area contributed by atoms with Crippen LogP contribution in [0.5, 0.6) is 0 Å². The van der Waals surface area contributed by atoms with Gasteiger partial charge in [0.2, 0.25) is 5.76 Å². The molecule has 0 atom stereocenters. The van der Waals surface area contributed by atoms with Crippen LogP contribution in [-0.2, 0) is 15.5 Å². The van der Waals surface area contributed by atoms with Gasteiger partial charge in [0.1, 0.15) is 11.9 Å². The van der Waals surface area contributed by atoms with Gasteiger partial charge in [-0.1, -0.05) is 47.5 Å². The average molecular weight is 321 g/mol. The number of benzene rings is 2. The first-order valence-electron chi connectivity index (χ1n) is 6.43. The maximum Gasteiger partial charge on any atom is 0.210 e. The van der Waals surface area contributed by atoms with E-state index in [-0.39, 0.29) is 12.2 Å². The van der Waals surface area contributed by atoms with Crippen molar-refractivity contribution in [1.29, 1.82) is 0 Å². The van der Waals surface area contributed by atoms with Crippen LogP contribution in [0.1, 0.15) is 16.7 Å². The third kappa shape index (κ3) is 3.68. The first kappa shape index (κ1) is 15.7. The van der Waals surface area contributed by atoms with E-state index in [4.69, 9.17) is 23.5 Å². The summed E-state index contributed by atoms with van der Waals surface area (Å²) < 4.78 is 4.45. The Hall–Kier alpha value is -1.73. The lowest BCUT2D eigenvalue weighted by molar-refractivity contribution is 0.454. The molecule has 0 spiro atoms. The number of rotatable bonds is 4. The maximum atomic E-state index is 10.7. The minimum Gasteiger partial charge on any atom is -0.378 e. The van der Waals surface area contributed by atoms with Gasteiger partial charge in [0.15, 0.2) is 5.94 Å². The minimum atomic E-state index is 0.0183. The molecule has 21 heavy (non-hydrogen) atoms. The van der Waals surface area contributed by atoms with Crippen molar-refractivity contribution in [2.24, 2.45) is 0 Å². The lowest BCUT2D eigenvalue weighted by atomic mass is 9.97. The standard InChI is InChI=1S/C17H14Cl2O2/c1-11-3-5-13(6-4-11)14-7-12(2)16(17(18)8-14)9-15(10-20)21-19/h3-8H,9H2,1-2H3. The molecular formula is C17H14Cl2O2. The summed E-state index contributed by atoms with van der Waals surface area (Å²) in [5, 5.41) is 0.576. The summed E-state index contributed by atoms with van der Waals surface area (Å²) in [5.41, 5.74) is 5.12. The van der Waals surface area contributed by atoms with Crippen LogP contribution in [0.15, 0.2) is 42.2 Å². The molecule has 0 aliphatic carbocycles. The van der Waals surface area contributed by atoms with Crippen LogP contribution >= 0.6 is 23.5 Å². The monoisotopic (exact) mass is 320 g/mol. The highest BCUT2D eigenvalue weighted by molar-refractivity contribution is 6.31. The fourth-order valence-electron chi connectivity index (χ4n) is 2.15. The van der Waals surface area contributed by atoms with Gasteiger partial charge >= 0.3 is 0 Å². The van der Waals surface area contributed by atoms with Gasteiger partial charge in [0.05, 0.1) is 0 Å². The highest BCUT2D eigenvalue weighted by Crippen LogP contribution is 2.30. The number of aryl methyl sites for hydroxylation is 2. The third-order valence-corrected chi connectivity index (χ3v) is 3.87. The number of hydrogen-bond acceptors (Lipinski definition) is 2. The van der Waals surface area contributed by atoms with E-state index in [1.54, 1.807) is 5.94 Å². The summed E-state index contributed by atoms with van der Waals surface area (Å²) >= 11 is 11.6. The molecule has 0 radical (unpaired) electrons. The van der Waals surface area contributed by atoms with Crippen molar-refractivity contribution in [3.05, 3.63) is 63.9 Å². The summed E-state index contributed by atoms with van der Waals surface area (Å²) in [6, 6.07) is 12.1. The van der Waals surface area contributed by atoms with Crippen LogP contribution in [0.2, 0.25) is 5.02 Å². The molecule has 2 rings (SSSR count). The second-order valence-corrected chi connectivity index (χ2v) is 5.46. The van der Waals surface area contributed by atoms with Gasteiger partial charge in [-0.2, -0.15) is 0 Å². The largest absolute Gasteiger partial charge is 0.378 e. The van der Waals surface area contributed by atoms with Gasteiger partial charge in [-0.25, -0.2) is 4.79 Å². The van der Waals surface area contributed by atoms with Crippen molar-refractivity contribution in [2.45, 2.75) is 20.3 Å². The Bertz CT molecular complexity index is 676. The number of carbonyl (C=O) groups excluding carboxylic acids is 1. The van der Waals surface area contributed by atoms with Crippen molar-refractivity contribution >= 4 is 29.4 Å². The lowest BCUT2D eigenvalue weighted by Gasteiger charge is -2.11. The Kier molecular flexibility index (Phi) is 5.08. The highest BCUT2D eigenvalue weighted by Gasteiger charge is 2.11. The summed E-state index contributed by atoms with van der Waals surface area (Å²) in [6.45, 7) is 3.99. The fourth-order valence-corrected chi connectivity index (χ4v) is 2.57. The van der Waals surface area contributed by atoms with Crippen LogP contribution in [0.4, 0.5) is 0 Å². The summed E-state index contributed by atoms with van der Waals surface area (Å²) in [7, 11) is 0. The molecule has 0 saturated carbocycles. The molecule has 0 saturated heterocycles. The molecule has 0 aliphatic rings. The first-order valence-corrected chi connectivity index (χ1v) is 7.12. The average Bonchev–Trinajstić information content (AvgIpc) is 2.47. The molecule has 0 N–H and O–H groups in total. The molecule has 2 nitrogen and oxygen atoms in total. The van der Waals surface area contributed by atoms with Gasteiger partial charge in [0, 0.05) is 11.4 Å². The molecule has 0 aliphatic heterocycles. The van der Waals surface area contributed by atoms with E-state index in [2.05, 4.69) is 28.6 Å². The highest BCUT2D eigenvalue weighted by atomic mass is 35.5. The Morgan fingerprint density at radius 2 is 1.81 bits per heavy atom. The van der Waals surface area contributed by atoms with Gasteiger partial charge in [-0.05, 0) is 42.2 Å². The van der Waals surface area contributed by atoms with Crippen molar-refractivity contribution in [3.8, 4) is 11.1 Å². The van der Waals surface area contributed by atoms with E-state index >= 15 is 0 Å². The Labute approximate surface area is 134 Å². The quantitative estimate of drug-likeness (QED) is 0.582. The van der Waals surface area contributed by atoms with Gasteiger partial charge < -0.3 is 4.29 Å². The second-order valence-electron chi connectivity index (χ2n) is 4.90. The third-order valence-electron chi connectivity index (χ3n) is 3.35. The Balaban J connectivity index is 2.41. The zero-order chi connectivity index (χ0) is 15.4. The van der Waals surface area contributed by atoms with E-state index in [1.807, 2.05) is 26.0 Å². The number of hydrogen-bond donors (Lipinski definition) is 0. The summed E-state index contributed by atoms with van der Waals surface area (Å²) in [5.74, 6) is 1.68. The SMILES string of the molecule is Cc1ccc(-c2cc(C)c(CC(=C=O)OCl)c(Cl)c2)cc1. The molecule has 0 amide bonds. The zero-order valence-electron chi connectivity index (χ0n) is 11.7. The smallest absolute Gasteiger partial charge is 0.210 e. The van der Waals surface area contributed by atoms with Crippen molar-refractivity contribution in [2.75, 3.05) is 0 Å². The molecule has 2 aromatic rings. The number of halogens is 2. The van der Waals surface area contributed by atoms with Crippen LogP contribution in [0.3, 0.4) is 0 Å². The van der Waals surface area contributed by atoms with Gasteiger partial charge in [-0.15, -0.1) is 0 Å². The molecule has 4 heteroatoms. The zero-order valence-corrected chi connectivity index (χ0v) is 13.3. The fraction of sp³-hybridized carbons (Fsp3) is 0.176. The van der Waals surface area contributed by atoms with Gasteiger partial charge in [-0.3, -0.25) is 0 Å². The molecule has 0 unspecified atom stereocenters. The molecular weight excluding hydrogens is 307 g/mol. The summed E-state index contributed by atoms with van der Waals surface area (Å²) in [4.78, 5) is 10.7. The Morgan fingerprint density at radius 1 is 1.14 bits per heavy atom. The Morgan fingerprint density at radius 3 is 2.33 bits per heavy atom. The number of allylic oxidation sites excluding steroid dienone is 1. The molecule has 0 bridgehead atoms. The second kappa shape index (κ2) is 6.82. The minimum absolute atomic E-state index is 0.0183. The lowest BCUT2D eigenvalue weighted by Crippen LogP contribution is -1.97. The van der Waals surface area contributed by atoms with Gasteiger partial charge in [0.25, 0.3) is 0 Å². The topological polar surface area (TPSA) is 26.3 Å². The van der Waals surface area contributed by atoms with Crippen LogP contribution < -0.4 is 0 Å². The molecule has 2 aromatic carbocycles. The molecule has 0 fully saturated rings. The molecule has 0 aromatic heterocycles. The van der Waals surface area contributed by atoms with E-state index in [0.29, 0.717) is 5.02 Å². The van der Waals surface area contributed by atoms with Crippen molar-refractivity contribution in [3.63, 3.8) is 0 Å².